The number of amides is 1. The number of ether oxygens (including phenoxy) is 2. The minimum Gasteiger partial charge on any atom is -0.497 e. The molecule has 1 amide bonds. The van der Waals surface area contributed by atoms with Crippen molar-refractivity contribution in [2.45, 2.75) is 19.8 Å². The van der Waals surface area contributed by atoms with Crippen LogP contribution in [0, 0.1) is 0 Å². The van der Waals surface area contributed by atoms with E-state index >= 15 is 0 Å². The number of fused-ring (bicyclic) bond motifs is 1. The summed E-state index contributed by atoms with van der Waals surface area (Å²) in [7, 11) is 1.63. The van der Waals surface area contributed by atoms with Crippen LogP contribution in [0.1, 0.15) is 30.1 Å². The van der Waals surface area contributed by atoms with Crippen LogP contribution in [0.2, 0.25) is 0 Å². The molecule has 0 saturated heterocycles. The van der Waals surface area contributed by atoms with Gasteiger partial charge in [-0.3, -0.25) is 10.1 Å². The van der Waals surface area contributed by atoms with E-state index < -0.39 is 0 Å². The van der Waals surface area contributed by atoms with Crippen LogP contribution < -0.4 is 14.8 Å². The Bertz CT molecular complexity index is 859. The lowest BCUT2D eigenvalue weighted by atomic mass is 10.2. The number of hydrogen-bond acceptors (Lipinski definition) is 5. The summed E-state index contributed by atoms with van der Waals surface area (Å²) in [6.07, 6.45) is 2.11. The zero-order chi connectivity index (χ0) is 17.6. The van der Waals surface area contributed by atoms with Crippen LogP contribution in [-0.4, -0.2) is 24.6 Å². The fourth-order valence-electron chi connectivity index (χ4n) is 2.29. The summed E-state index contributed by atoms with van der Waals surface area (Å²) in [6.45, 7) is 2.81. The first-order valence-corrected chi connectivity index (χ1v) is 9.00. The minimum atomic E-state index is -0.189. The molecule has 0 spiro atoms. The number of carbonyl (C=O) groups excluding carboxylic acids is 1. The van der Waals surface area contributed by atoms with Crippen molar-refractivity contribution in [3.8, 4) is 11.5 Å². The average molecular weight is 356 g/mol. The van der Waals surface area contributed by atoms with E-state index in [1.54, 1.807) is 19.2 Å². The number of thiazole rings is 1. The van der Waals surface area contributed by atoms with Crippen LogP contribution in [0.4, 0.5) is 5.13 Å². The summed E-state index contributed by atoms with van der Waals surface area (Å²) >= 11 is 1.42. The predicted molar refractivity (Wildman–Crippen MR) is 101 cm³/mol. The Labute approximate surface area is 150 Å². The van der Waals surface area contributed by atoms with E-state index in [2.05, 4.69) is 17.2 Å². The van der Waals surface area contributed by atoms with Gasteiger partial charge < -0.3 is 9.47 Å². The summed E-state index contributed by atoms with van der Waals surface area (Å²) in [5.74, 6) is 1.36. The first kappa shape index (κ1) is 17.2. The number of nitrogens with zero attached hydrogens (tertiary/aromatic N) is 1. The number of benzene rings is 2. The summed E-state index contributed by atoms with van der Waals surface area (Å²) in [4.78, 5) is 16.8. The monoisotopic (exact) mass is 356 g/mol. The number of hydrogen-bond donors (Lipinski definition) is 1. The van der Waals surface area contributed by atoms with Crippen LogP contribution in [-0.2, 0) is 0 Å². The molecule has 0 aliphatic heterocycles. The Morgan fingerprint density at radius 1 is 1.16 bits per heavy atom. The molecule has 130 valence electrons. The van der Waals surface area contributed by atoms with Crippen LogP contribution in [0.3, 0.4) is 0 Å². The molecule has 1 aromatic heterocycles. The topological polar surface area (TPSA) is 60.5 Å². The van der Waals surface area contributed by atoms with Gasteiger partial charge in [0.15, 0.2) is 5.13 Å². The SMILES string of the molecule is CCCCOc1ccc(C(=O)Nc2nc3ccc(OC)cc3s2)cc1. The maximum Gasteiger partial charge on any atom is 0.257 e. The number of carbonyl (C=O) groups is 1. The van der Waals surface area contributed by atoms with Crippen LogP contribution >= 0.6 is 11.3 Å². The zero-order valence-corrected chi connectivity index (χ0v) is 15.1. The van der Waals surface area contributed by atoms with E-state index in [4.69, 9.17) is 9.47 Å². The third-order valence-electron chi connectivity index (χ3n) is 3.70. The molecule has 0 atom stereocenters. The summed E-state index contributed by atoms with van der Waals surface area (Å²) in [5.41, 5.74) is 1.40. The molecule has 0 saturated carbocycles. The van der Waals surface area contributed by atoms with Crippen molar-refractivity contribution < 1.29 is 14.3 Å². The number of rotatable bonds is 7. The van der Waals surface area contributed by atoms with Gasteiger partial charge >= 0.3 is 0 Å². The molecular weight excluding hydrogens is 336 g/mol. The van der Waals surface area contributed by atoms with Gasteiger partial charge in [-0.2, -0.15) is 0 Å². The van der Waals surface area contributed by atoms with Crippen molar-refractivity contribution in [3.63, 3.8) is 0 Å². The molecule has 2 aromatic carbocycles. The fraction of sp³-hybridized carbons (Fsp3) is 0.263. The molecule has 3 aromatic rings. The van der Waals surface area contributed by atoms with Gasteiger partial charge in [0.2, 0.25) is 0 Å². The lowest BCUT2D eigenvalue weighted by Crippen LogP contribution is -2.11. The first-order valence-electron chi connectivity index (χ1n) is 8.18. The first-order chi connectivity index (χ1) is 12.2. The van der Waals surface area contributed by atoms with E-state index in [1.165, 1.54) is 11.3 Å². The minimum absolute atomic E-state index is 0.189. The molecule has 25 heavy (non-hydrogen) atoms. The molecule has 1 heterocycles. The number of methoxy groups -OCH3 is 1. The third-order valence-corrected chi connectivity index (χ3v) is 4.63. The third kappa shape index (κ3) is 4.28. The Hall–Kier alpha value is -2.60. The number of nitrogens with one attached hydrogen (secondary N) is 1. The van der Waals surface area contributed by atoms with Crippen molar-refractivity contribution >= 4 is 32.6 Å². The standard InChI is InChI=1S/C19H20N2O3S/c1-3-4-11-24-14-7-5-13(6-8-14)18(22)21-19-20-16-10-9-15(23-2)12-17(16)25-19/h5-10,12H,3-4,11H2,1-2H3,(H,20,21,22). The van der Waals surface area contributed by atoms with Crippen molar-refractivity contribution in [1.82, 2.24) is 4.98 Å². The quantitative estimate of drug-likeness (QED) is 0.621. The maximum atomic E-state index is 12.4. The van der Waals surface area contributed by atoms with Gasteiger partial charge in [0, 0.05) is 5.56 Å². The Balaban J connectivity index is 1.67. The molecule has 0 bridgehead atoms. The van der Waals surface area contributed by atoms with Crippen molar-refractivity contribution in [3.05, 3.63) is 48.0 Å². The summed E-state index contributed by atoms with van der Waals surface area (Å²) in [5, 5.41) is 3.41. The van der Waals surface area contributed by atoms with Gasteiger partial charge in [0.25, 0.3) is 5.91 Å². The molecule has 6 heteroatoms. The van der Waals surface area contributed by atoms with Gasteiger partial charge in [-0.25, -0.2) is 4.98 Å². The average Bonchev–Trinajstić information content (AvgIpc) is 3.03. The molecule has 0 fully saturated rings. The Morgan fingerprint density at radius 2 is 1.92 bits per heavy atom. The molecular formula is C19H20N2O3S. The molecule has 0 unspecified atom stereocenters. The molecule has 0 aliphatic rings. The molecule has 0 aliphatic carbocycles. The lowest BCUT2D eigenvalue weighted by Gasteiger charge is -2.06. The van der Waals surface area contributed by atoms with Gasteiger partial charge in [-0.1, -0.05) is 24.7 Å². The van der Waals surface area contributed by atoms with Crippen LogP contribution in [0.5, 0.6) is 11.5 Å². The highest BCUT2D eigenvalue weighted by atomic mass is 32.1. The Kier molecular flexibility index (Phi) is 5.50. The highest BCUT2D eigenvalue weighted by molar-refractivity contribution is 7.22. The second kappa shape index (κ2) is 7.98. The second-order valence-corrected chi connectivity index (χ2v) is 6.56. The van der Waals surface area contributed by atoms with Gasteiger partial charge in [-0.15, -0.1) is 0 Å². The van der Waals surface area contributed by atoms with E-state index in [-0.39, 0.29) is 5.91 Å². The molecule has 0 radical (unpaired) electrons. The largest absolute Gasteiger partial charge is 0.497 e. The van der Waals surface area contributed by atoms with E-state index in [0.29, 0.717) is 17.3 Å². The number of aromatic nitrogens is 1. The number of unbranched alkanes of at least 4 members (excludes halogenated alkanes) is 1. The highest BCUT2D eigenvalue weighted by Gasteiger charge is 2.10. The fourth-order valence-corrected chi connectivity index (χ4v) is 3.18. The van der Waals surface area contributed by atoms with Crippen molar-refractivity contribution in [2.75, 3.05) is 19.0 Å². The van der Waals surface area contributed by atoms with Crippen LogP contribution in [0.25, 0.3) is 10.2 Å². The highest BCUT2D eigenvalue weighted by Crippen LogP contribution is 2.29. The van der Waals surface area contributed by atoms with Crippen LogP contribution in [0.15, 0.2) is 42.5 Å². The smallest absolute Gasteiger partial charge is 0.257 e. The zero-order valence-electron chi connectivity index (χ0n) is 14.2. The lowest BCUT2D eigenvalue weighted by molar-refractivity contribution is 0.102. The maximum absolute atomic E-state index is 12.4. The molecule has 5 nitrogen and oxygen atoms in total. The van der Waals surface area contributed by atoms with E-state index in [9.17, 15) is 4.79 Å². The van der Waals surface area contributed by atoms with Gasteiger partial charge in [0.1, 0.15) is 11.5 Å². The normalized spacial score (nSPS) is 10.6. The molecule has 3 rings (SSSR count). The molecule has 1 N–H and O–H groups in total. The Morgan fingerprint density at radius 3 is 2.64 bits per heavy atom. The van der Waals surface area contributed by atoms with E-state index in [1.807, 2.05) is 30.3 Å². The van der Waals surface area contributed by atoms with E-state index in [0.717, 1.165) is 34.6 Å². The summed E-state index contributed by atoms with van der Waals surface area (Å²) in [6, 6.07) is 12.8. The van der Waals surface area contributed by atoms with Crippen molar-refractivity contribution in [1.29, 1.82) is 0 Å². The van der Waals surface area contributed by atoms with Gasteiger partial charge in [0.05, 0.1) is 23.9 Å². The number of anilines is 1. The predicted octanol–water partition coefficient (Wildman–Crippen LogP) is 4.74. The summed E-state index contributed by atoms with van der Waals surface area (Å²) < 4.78 is 11.8. The second-order valence-electron chi connectivity index (χ2n) is 5.53. The van der Waals surface area contributed by atoms with Gasteiger partial charge in [-0.05, 0) is 48.9 Å². The van der Waals surface area contributed by atoms with Crippen molar-refractivity contribution in [2.24, 2.45) is 0 Å².